The zero-order valence-corrected chi connectivity index (χ0v) is 12.4. The number of halogens is 2. The van der Waals surface area contributed by atoms with Gasteiger partial charge in [0.25, 0.3) is 5.91 Å². The van der Waals surface area contributed by atoms with Crippen molar-refractivity contribution in [3.63, 3.8) is 0 Å². The Balaban J connectivity index is 2.99. The van der Waals surface area contributed by atoms with Crippen molar-refractivity contribution in [2.45, 2.75) is 40.2 Å². The quantitative estimate of drug-likeness (QED) is 0.660. The van der Waals surface area contributed by atoms with Crippen LogP contribution in [-0.4, -0.2) is 11.4 Å². The first-order chi connectivity index (χ1) is 9.11. The standard InChI is InChI=1S/C15H20F2N2O/c1-9(12-8-11(16)6-7-13(12)17)10(2)14(20)18-19-15(3,4)5/h6-8,19H,1-5H3,(H,18,20)/b10-9+. The Kier molecular flexibility index (Phi) is 5.00. The lowest BCUT2D eigenvalue weighted by Crippen LogP contribution is -2.49. The summed E-state index contributed by atoms with van der Waals surface area (Å²) in [5, 5.41) is 0. The van der Waals surface area contributed by atoms with Crippen molar-refractivity contribution in [3.05, 3.63) is 41.0 Å². The molecule has 1 aromatic rings. The van der Waals surface area contributed by atoms with Crippen LogP contribution in [0, 0.1) is 11.6 Å². The van der Waals surface area contributed by atoms with E-state index in [1.54, 1.807) is 13.8 Å². The van der Waals surface area contributed by atoms with Crippen molar-refractivity contribution in [3.8, 4) is 0 Å². The van der Waals surface area contributed by atoms with E-state index < -0.39 is 11.6 Å². The van der Waals surface area contributed by atoms with Gasteiger partial charge in [-0.1, -0.05) is 0 Å². The van der Waals surface area contributed by atoms with Gasteiger partial charge in [0.2, 0.25) is 0 Å². The fraction of sp³-hybridized carbons (Fsp3) is 0.400. The second kappa shape index (κ2) is 6.13. The van der Waals surface area contributed by atoms with E-state index in [2.05, 4.69) is 10.9 Å². The van der Waals surface area contributed by atoms with E-state index in [4.69, 9.17) is 0 Å². The van der Waals surface area contributed by atoms with Crippen LogP contribution in [0.4, 0.5) is 8.78 Å². The number of nitrogens with one attached hydrogen (secondary N) is 2. The lowest BCUT2D eigenvalue weighted by Gasteiger charge is -2.21. The Morgan fingerprint density at radius 1 is 1.15 bits per heavy atom. The molecule has 0 aromatic heterocycles. The van der Waals surface area contributed by atoms with Crippen LogP contribution in [0.5, 0.6) is 0 Å². The first kappa shape index (κ1) is 16.3. The maximum absolute atomic E-state index is 13.7. The van der Waals surface area contributed by atoms with Gasteiger partial charge in [0.05, 0.1) is 0 Å². The van der Waals surface area contributed by atoms with Crippen LogP contribution < -0.4 is 10.9 Å². The summed E-state index contributed by atoms with van der Waals surface area (Å²) < 4.78 is 26.8. The molecule has 5 heteroatoms. The number of hydrazine groups is 1. The molecule has 0 saturated heterocycles. The Labute approximate surface area is 118 Å². The third kappa shape index (κ3) is 4.42. The SMILES string of the molecule is C/C(C(=O)NNC(C)(C)C)=C(/C)c1cc(F)ccc1F. The van der Waals surface area contributed by atoms with Gasteiger partial charge in [0.15, 0.2) is 0 Å². The largest absolute Gasteiger partial charge is 0.287 e. The molecule has 1 rings (SSSR count). The lowest BCUT2D eigenvalue weighted by molar-refractivity contribution is -0.118. The van der Waals surface area contributed by atoms with Crippen molar-refractivity contribution in [1.82, 2.24) is 10.9 Å². The predicted molar refractivity (Wildman–Crippen MR) is 75.7 cm³/mol. The van der Waals surface area contributed by atoms with E-state index >= 15 is 0 Å². The predicted octanol–water partition coefficient (Wildman–Crippen LogP) is 3.18. The first-order valence-electron chi connectivity index (χ1n) is 6.32. The number of carbonyl (C=O) groups excluding carboxylic acids is 1. The van der Waals surface area contributed by atoms with Gasteiger partial charge < -0.3 is 0 Å². The molecule has 0 heterocycles. The van der Waals surface area contributed by atoms with E-state index in [1.165, 1.54) is 0 Å². The Hall–Kier alpha value is -1.75. The fourth-order valence-electron chi connectivity index (χ4n) is 1.50. The highest BCUT2D eigenvalue weighted by Gasteiger charge is 2.15. The van der Waals surface area contributed by atoms with Gasteiger partial charge in [-0.25, -0.2) is 14.2 Å². The van der Waals surface area contributed by atoms with Gasteiger partial charge in [0, 0.05) is 16.7 Å². The molecule has 20 heavy (non-hydrogen) atoms. The smallest absolute Gasteiger partial charge is 0.261 e. The monoisotopic (exact) mass is 282 g/mol. The van der Waals surface area contributed by atoms with E-state index in [1.807, 2.05) is 20.8 Å². The number of benzene rings is 1. The molecule has 1 amide bonds. The molecule has 0 spiro atoms. The molecule has 0 saturated carbocycles. The van der Waals surface area contributed by atoms with Gasteiger partial charge in [-0.05, 0) is 58.4 Å². The number of carbonyl (C=O) groups is 1. The molecular weight excluding hydrogens is 262 g/mol. The molecule has 0 bridgehead atoms. The molecule has 0 unspecified atom stereocenters. The van der Waals surface area contributed by atoms with Crippen LogP contribution >= 0.6 is 0 Å². The number of hydrogen-bond donors (Lipinski definition) is 2. The molecular formula is C15H20F2N2O. The van der Waals surface area contributed by atoms with Crippen molar-refractivity contribution in [2.24, 2.45) is 0 Å². The van der Waals surface area contributed by atoms with E-state index in [0.29, 0.717) is 11.1 Å². The number of allylic oxidation sites excluding steroid dienone is 1. The van der Waals surface area contributed by atoms with Gasteiger partial charge in [-0.2, -0.15) is 0 Å². The normalized spacial score (nSPS) is 12.9. The number of hydrogen-bond acceptors (Lipinski definition) is 2. The minimum Gasteiger partial charge on any atom is -0.287 e. The third-order valence-electron chi connectivity index (χ3n) is 2.79. The third-order valence-corrected chi connectivity index (χ3v) is 2.79. The average Bonchev–Trinajstić information content (AvgIpc) is 2.36. The van der Waals surface area contributed by atoms with E-state index in [0.717, 1.165) is 18.2 Å². The van der Waals surface area contributed by atoms with Crippen LogP contribution in [-0.2, 0) is 4.79 Å². The lowest BCUT2D eigenvalue weighted by atomic mass is 10.0. The molecule has 0 fully saturated rings. The summed E-state index contributed by atoms with van der Waals surface area (Å²) >= 11 is 0. The Bertz CT molecular complexity index is 545. The van der Waals surface area contributed by atoms with Crippen molar-refractivity contribution < 1.29 is 13.6 Å². The van der Waals surface area contributed by atoms with Gasteiger partial charge in [-0.15, -0.1) is 0 Å². The van der Waals surface area contributed by atoms with Crippen LogP contribution in [0.2, 0.25) is 0 Å². The number of amides is 1. The summed E-state index contributed by atoms with van der Waals surface area (Å²) in [4.78, 5) is 12.0. The summed E-state index contributed by atoms with van der Waals surface area (Å²) in [6.07, 6.45) is 0. The average molecular weight is 282 g/mol. The van der Waals surface area contributed by atoms with E-state index in [-0.39, 0.29) is 17.0 Å². The topological polar surface area (TPSA) is 41.1 Å². The summed E-state index contributed by atoms with van der Waals surface area (Å²) in [7, 11) is 0. The van der Waals surface area contributed by atoms with Gasteiger partial charge in [0.1, 0.15) is 11.6 Å². The van der Waals surface area contributed by atoms with Crippen LogP contribution in [0.3, 0.4) is 0 Å². The second-order valence-corrected chi connectivity index (χ2v) is 5.70. The maximum Gasteiger partial charge on any atom is 0.261 e. The molecule has 0 aliphatic heterocycles. The minimum absolute atomic E-state index is 0.0911. The molecule has 110 valence electrons. The van der Waals surface area contributed by atoms with Crippen molar-refractivity contribution in [1.29, 1.82) is 0 Å². The molecule has 3 nitrogen and oxygen atoms in total. The highest BCUT2D eigenvalue weighted by molar-refractivity contribution is 6.00. The minimum atomic E-state index is -0.556. The van der Waals surface area contributed by atoms with Crippen LogP contribution in [0.15, 0.2) is 23.8 Å². The molecule has 0 aliphatic carbocycles. The zero-order valence-electron chi connectivity index (χ0n) is 12.4. The Morgan fingerprint density at radius 3 is 2.30 bits per heavy atom. The van der Waals surface area contributed by atoms with Crippen molar-refractivity contribution >= 4 is 11.5 Å². The van der Waals surface area contributed by atoms with Crippen LogP contribution in [0.25, 0.3) is 5.57 Å². The van der Waals surface area contributed by atoms with Gasteiger partial charge in [-0.3, -0.25) is 10.2 Å². The highest BCUT2D eigenvalue weighted by atomic mass is 19.1. The number of rotatable bonds is 3. The van der Waals surface area contributed by atoms with E-state index in [9.17, 15) is 13.6 Å². The second-order valence-electron chi connectivity index (χ2n) is 5.70. The zero-order chi connectivity index (χ0) is 15.5. The first-order valence-corrected chi connectivity index (χ1v) is 6.32. The van der Waals surface area contributed by atoms with Crippen LogP contribution in [0.1, 0.15) is 40.2 Å². The summed E-state index contributed by atoms with van der Waals surface area (Å²) in [5.74, 6) is -1.47. The maximum atomic E-state index is 13.7. The highest BCUT2D eigenvalue weighted by Crippen LogP contribution is 2.22. The Morgan fingerprint density at radius 2 is 1.75 bits per heavy atom. The molecule has 0 radical (unpaired) electrons. The summed E-state index contributed by atoms with van der Waals surface area (Å²) in [5.41, 5.74) is 5.91. The summed E-state index contributed by atoms with van der Waals surface area (Å²) in [6, 6.07) is 3.17. The van der Waals surface area contributed by atoms with Crippen molar-refractivity contribution in [2.75, 3.05) is 0 Å². The molecule has 0 aliphatic rings. The molecule has 1 aromatic carbocycles. The molecule has 0 atom stereocenters. The van der Waals surface area contributed by atoms with Gasteiger partial charge >= 0.3 is 0 Å². The summed E-state index contributed by atoms with van der Waals surface area (Å²) in [6.45, 7) is 8.84. The molecule has 2 N–H and O–H groups in total. The fourth-order valence-corrected chi connectivity index (χ4v) is 1.50.